The number of esters is 1. The van der Waals surface area contributed by atoms with Crippen molar-refractivity contribution in [1.29, 1.82) is 0 Å². The molecule has 0 radical (unpaired) electrons. The molecule has 0 aliphatic carbocycles. The van der Waals surface area contributed by atoms with E-state index in [9.17, 15) is 19.5 Å². The highest BCUT2D eigenvalue weighted by atomic mass is 16.6. The predicted molar refractivity (Wildman–Crippen MR) is 148 cm³/mol. The second-order valence-electron chi connectivity index (χ2n) is 11.0. The number of hydrogen-bond donors (Lipinski definition) is 1. The molecule has 3 aliphatic rings. The molecule has 3 heterocycles. The summed E-state index contributed by atoms with van der Waals surface area (Å²) in [6.45, 7) is 11.2. The highest BCUT2D eigenvalue weighted by molar-refractivity contribution is 6.05. The third kappa shape index (κ3) is 4.26. The number of aliphatic hydroxyl groups is 1. The van der Waals surface area contributed by atoms with E-state index in [4.69, 9.17) is 9.47 Å². The van der Waals surface area contributed by atoms with Gasteiger partial charge in [0.05, 0.1) is 30.6 Å². The number of aliphatic hydroxyl groups excluding tert-OH is 1. The normalized spacial score (nSPS) is 28.0. The summed E-state index contributed by atoms with van der Waals surface area (Å²) in [7, 11) is 0. The Morgan fingerprint density at radius 3 is 2.62 bits per heavy atom. The summed E-state index contributed by atoms with van der Waals surface area (Å²) in [6.07, 6.45) is 3.63. The van der Waals surface area contributed by atoms with Crippen LogP contribution in [0.3, 0.4) is 0 Å². The Bertz CT molecular complexity index is 1310. The molecule has 8 heteroatoms. The molecule has 1 spiro atoms. The molecule has 3 aliphatic heterocycles. The highest BCUT2D eigenvalue weighted by Gasteiger charge is 2.75. The van der Waals surface area contributed by atoms with Crippen LogP contribution in [0.25, 0.3) is 10.8 Å². The van der Waals surface area contributed by atoms with Crippen molar-refractivity contribution in [2.45, 2.75) is 50.5 Å². The Labute approximate surface area is 228 Å². The van der Waals surface area contributed by atoms with Crippen LogP contribution in [0.1, 0.15) is 26.7 Å². The van der Waals surface area contributed by atoms with Gasteiger partial charge < -0.3 is 24.4 Å². The molecule has 5 rings (SSSR count). The first-order valence-corrected chi connectivity index (χ1v) is 13.6. The van der Waals surface area contributed by atoms with Gasteiger partial charge in [-0.3, -0.25) is 14.4 Å². The lowest BCUT2D eigenvalue weighted by Gasteiger charge is -2.40. The topological polar surface area (TPSA) is 96.4 Å². The van der Waals surface area contributed by atoms with Crippen LogP contribution in [0.2, 0.25) is 0 Å². The standard InChI is InChI=1S/C31H36N2O6/c1-5-15-32(22-12-11-20-9-7-8-10-21(20)17-22)29(36)27-31-14-13-24(39-31)25(30(37)38-16-6-2)26(31)28(35)33(27)23(18-34)19(3)4/h5-12,17,19,23-27,34H,1-2,13-16,18H2,3-4H3/t23-,24+,25-,26-,27?,31?/m0/s1. The zero-order valence-electron chi connectivity index (χ0n) is 22.5. The van der Waals surface area contributed by atoms with E-state index in [1.54, 1.807) is 11.0 Å². The number of rotatable bonds is 10. The van der Waals surface area contributed by atoms with Crippen molar-refractivity contribution in [2.75, 3.05) is 24.7 Å². The average molecular weight is 533 g/mol. The van der Waals surface area contributed by atoms with Crippen LogP contribution in [0.15, 0.2) is 67.8 Å². The van der Waals surface area contributed by atoms with Gasteiger partial charge in [0, 0.05) is 12.2 Å². The third-order valence-corrected chi connectivity index (χ3v) is 8.52. The summed E-state index contributed by atoms with van der Waals surface area (Å²) in [4.78, 5) is 45.1. The fourth-order valence-electron chi connectivity index (χ4n) is 6.80. The summed E-state index contributed by atoms with van der Waals surface area (Å²) in [5.41, 5.74) is -0.514. The molecule has 0 aromatic heterocycles. The van der Waals surface area contributed by atoms with Gasteiger partial charge in [-0.25, -0.2) is 0 Å². The Hall–Kier alpha value is -3.49. The number of amides is 2. The summed E-state index contributed by atoms with van der Waals surface area (Å²) in [5.74, 6) is -3.00. The molecular weight excluding hydrogens is 496 g/mol. The van der Waals surface area contributed by atoms with Crippen LogP contribution in [-0.4, -0.2) is 71.3 Å². The summed E-state index contributed by atoms with van der Waals surface area (Å²) in [6, 6.07) is 12.0. The second-order valence-corrected chi connectivity index (χ2v) is 11.0. The minimum Gasteiger partial charge on any atom is -0.461 e. The number of anilines is 1. The lowest BCUT2D eigenvalue weighted by molar-refractivity contribution is -0.155. The van der Waals surface area contributed by atoms with Gasteiger partial charge in [-0.2, -0.15) is 0 Å². The first kappa shape index (κ1) is 27.1. The molecular formula is C31H36N2O6. The number of nitrogens with zero attached hydrogens (tertiary/aromatic N) is 2. The van der Waals surface area contributed by atoms with Gasteiger partial charge in [-0.1, -0.05) is 62.9 Å². The van der Waals surface area contributed by atoms with Gasteiger partial charge in [0.25, 0.3) is 5.91 Å². The molecule has 2 aromatic carbocycles. The van der Waals surface area contributed by atoms with Crippen LogP contribution in [0.4, 0.5) is 5.69 Å². The molecule has 6 atom stereocenters. The van der Waals surface area contributed by atoms with E-state index in [1.807, 2.05) is 56.3 Å². The van der Waals surface area contributed by atoms with Crippen molar-refractivity contribution in [3.05, 3.63) is 67.8 Å². The molecule has 206 valence electrons. The molecule has 2 unspecified atom stereocenters. The molecule has 3 fully saturated rings. The maximum Gasteiger partial charge on any atom is 0.312 e. The molecule has 8 nitrogen and oxygen atoms in total. The first-order chi connectivity index (χ1) is 18.8. The first-order valence-electron chi connectivity index (χ1n) is 13.6. The number of likely N-dealkylation sites (tertiary alicyclic amines) is 1. The second kappa shape index (κ2) is 10.6. The Kier molecular flexibility index (Phi) is 7.35. The van der Waals surface area contributed by atoms with Crippen molar-refractivity contribution in [3.8, 4) is 0 Å². The number of benzene rings is 2. The number of ether oxygens (including phenoxy) is 2. The van der Waals surface area contributed by atoms with Gasteiger partial charge in [0.1, 0.15) is 18.2 Å². The predicted octanol–water partition coefficient (Wildman–Crippen LogP) is 3.48. The van der Waals surface area contributed by atoms with Gasteiger partial charge in [-0.15, -0.1) is 6.58 Å². The van der Waals surface area contributed by atoms with Gasteiger partial charge in [0.2, 0.25) is 5.91 Å². The van der Waals surface area contributed by atoms with Gasteiger partial charge in [0.15, 0.2) is 0 Å². The van der Waals surface area contributed by atoms with Crippen molar-refractivity contribution in [2.24, 2.45) is 17.8 Å². The van der Waals surface area contributed by atoms with E-state index in [-0.39, 0.29) is 37.5 Å². The van der Waals surface area contributed by atoms with Gasteiger partial charge in [-0.05, 0) is 41.7 Å². The minimum atomic E-state index is -1.19. The van der Waals surface area contributed by atoms with Gasteiger partial charge >= 0.3 is 5.97 Å². The fourth-order valence-corrected chi connectivity index (χ4v) is 6.80. The maximum absolute atomic E-state index is 14.6. The van der Waals surface area contributed by atoms with Crippen LogP contribution >= 0.6 is 0 Å². The molecule has 0 saturated carbocycles. The average Bonchev–Trinajstić information content (AvgIpc) is 3.58. The van der Waals surface area contributed by atoms with E-state index in [0.29, 0.717) is 18.5 Å². The van der Waals surface area contributed by atoms with Crippen molar-refractivity contribution < 1.29 is 29.0 Å². The van der Waals surface area contributed by atoms with E-state index < -0.39 is 41.6 Å². The number of carbonyl (C=O) groups excluding carboxylic acids is 3. The lowest BCUT2D eigenvalue weighted by Crippen LogP contribution is -2.59. The van der Waals surface area contributed by atoms with Crippen LogP contribution < -0.4 is 4.90 Å². The van der Waals surface area contributed by atoms with Crippen molar-refractivity contribution >= 4 is 34.2 Å². The van der Waals surface area contributed by atoms with Crippen LogP contribution in [0, 0.1) is 17.8 Å². The number of fused-ring (bicyclic) bond motifs is 2. The molecule has 2 bridgehead atoms. The number of hydrogen-bond acceptors (Lipinski definition) is 6. The fraction of sp³-hybridized carbons (Fsp3) is 0.452. The molecule has 2 aromatic rings. The SMILES string of the molecule is C=CCOC(=O)[C@@H]1[C@H]2C(=O)N([C@@H](CO)C(C)C)C(C(=O)N(CC=C)c3ccc4ccccc4c3)C23CC[C@H]1O3. The van der Waals surface area contributed by atoms with E-state index in [1.165, 1.54) is 11.0 Å². The lowest BCUT2D eigenvalue weighted by atomic mass is 9.70. The zero-order chi connectivity index (χ0) is 27.9. The van der Waals surface area contributed by atoms with Crippen molar-refractivity contribution in [3.63, 3.8) is 0 Å². The van der Waals surface area contributed by atoms with Crippen molar-refractivity contribution in [1.82, 2.24) is 4.90 Å². The molecule has 2 amide bonds. The highest BCUT2D eigenvalue weighted by Crippen LogP contribution is 2.59. The molecule has 3 saturated heterocycles. The number of carbonyl (C=O) groups is 3. The molecule has 1 N–H and O–H groups in total. The summed E-state index contributed by atoms with van der Waals surface area (Å²) in [5, 5.41) is 12.4. The van der Waals surface area contributed by atoms with Crippen LogP contribution in [0.5, 0.6) is 0 Å². The van der Waals surface area contributed by atoms with E-state index in [0.717, 1.165) is 10.8 Å². The smallest absolute Gasteiger partial charge is 0.312 e. The summed E-state index contributed by atoms with van der Waals surface area (Å²) >= 11 is 0. The van der Waals surface area contributed by atoms with Crippen LogP contribution in [-0.2, 0) is 23.9 Å². The molecule has 39 heavy (non-hydrogen) atoms. The van der Waals surface area contributed by atoms with E-state index in [2.05, 4.69) is 13.2 Å². The monoisotopic (exact) mass is 532 g/mol. The Morgan fingerprint density at radius 2 is 1.95 bits per heavy atom. The zero-order valence-corrected chi connectivity index (χ0v) is 22.5. The third-order valence-electron chi connectivity index (χ3n) is 8.52. The largest absolute Gasteiger partial charge is 0.461 e. The minimum absolute atomic E-state index is 0.0301. The Morgan fingerprint density at radius 1 is 1.21 bits per heavy atom. The Balaban J connectivity index is 1.60. The quantitative estimate of drug-likeness (QED) is 0.372. The summed E-state index contributed by atoms with van der Waals surface area (Å²) < 4.78 is 11.9. The van der Waals surface area contributed by atoms with E-state index >= 15 is 0 Å². The maximum atomic E-state index is 14.6.